The van der Waals surface area contributed by atoms with E-state index in [1.807, 2.05) is 19.9 Å². The number of nitrogens with one attached hydrogen (secondary N) is 1. The summed E-state index contributed by atoms with van der Waals surface area (Å²) in [5.74, 6) is 0. The first-order valence-corrected chi connectivity index (χ1v) is 5.92. The molecule has 19 heavy (non-hydrogen) atoms. The van der Waals surface area contributed by atoms with Crippen LogP contribution in [-0.4, -0.2) is 26.5 Å². The third-order valence-electron chi connectivity index (χ3n) is 2.68. The Kier molecular flexibility index (Phi) is 3.78. The number of anilines is 2. The smallest absolute Gasteiger partial charge is 0.103 e. The van der Waals surface area contributed by atoms with Gasteiger partial charge >= 0.3 is 0 Å². The molecule has 0 unspecified atom stereocenters. The highest BCUT2D eigenvalue weighted by Crippen LogP contribution is 2.22. The molecule has 2 aromatic rings. The van der Waals surface area contributed by atoms with Crippen molar-refractivity contribution < 1.29 is 5.11 Å². The lowest BCUT2D eigenvalue weighted by Gasteiger charge is -2.08. The maximum absolute atomic E-state index is 9.17. The molecule has 2 aromatic heterocycles. The number of hydrogen-bond donors (Lipinski definition) is 2. The molecule has 2 heterocycles. The van der Waals surface area contributed by atoms with Gasteiger partial charge in [0, 0.05) is 11.9 Å². The lowest BCUT2D eigenvalue weighted by atomic mass is 10.1. The topological polar surface area (TPSA) is 86.8 Å². The van der Waals surface area contributed by atoms with Crippen LogP contribution in [0.1, 0.15) is 17.0 Å². The molecule has 6 nitrogen and oxygen atoms in total. The Morgan fingerprint density at radius 3 is 2.95 bits per heavy atom. The highest BCUT2D eigenvalue weighted by Gasteiger charge is 2.09. The van der Waals surface area contributed by atoms with Gasteiger partial charge in [0.15, 0.2) is 0 Å². The van der Waals surface area contributed by atoms with E-state index in [-0.39, 0.29) is 6.61 Å². The van der Waals surface area contributed by atoms with Crippen molar-refractivity contribution in [2.75, 3.05) is 11.9 Å². The predicted octanol–water partition coefficient (Wildman–Crippen LogP) is 1.50. The van der Waals surface area contributed by atoms with Crippen molar-refractivity contribution in [3.05, 3.63) is 35.4 Å². The standard InChI is InChI=1S/C13H15N5O/c1-9-5-13(12(6-14)10(2)16-9)17-11-7-15-18(8-11)3-4-19/h5,7-8,19H,3-4H2,1-2H3,(H,16,17). The van der Waals surface area contributed by atoms with Crippen LogP contribution in [0.5, 0.6) is 0 Å². The zero-order valence-electron chi connectivity index (χ0n) is 10.9. The van der Waals surface area contributed by atoms with Crippen LogP contribution in [0.15, 0.2) is 18.5 Å². The van der Waals surface area contributed by atoms with Gasteiger partial charge in [-0.2, -0.15) is 10.4 Å². The minimum Gasteiger partial charge on any atom is -0.394 e. The average molecular weight is 257 g/mol. The van der Waals surface area contributed by atoms with E-state index in [4.69, 9.17) is 5.11 Å². The second-order valence-electron chi connectivity index (χ2n) is 4.22. The normalized spacial score (nSPS) is 10.2. The molecule has 0 amide bonds. The fourth-order valence-corrected chi connectivity index (χ4v) is 1.88. The third kappa shape index (κ3) is 2.89. The van der Waals surface area contributed by atoms with E-state index in [9.17, 15) is 5.26 Å². The highest BCUT2D eigenvalue weighted by atomic mass is 16.3. The molecule has 2 rings (SSSR count). The second-order valence-corrected chi connectivity index (χ2v) is 4.22. The maximum Gasteiger partial charge on any atom is 0.103 e. The monoisotopic (exact) mass is 257 g/mol. The number of aromatic nitrogens is 3. The van der Waals surface area contributed by atoms with E-state index in [1.165, 1.54) is 0 Å². The van der Waals surface area contributed by atoms with Crippen LogP contribution >= 0.6 is 0 Å². The SMILES string of the molecule is Cc1cc(Nc2cnn(CCO)c2)c(C#N)c(C)n1. The van der Waals surface area contributed by atoms with Crippen LogP contribution < -0.4 is 5.32 Å². The number of aliphatic hydroxyl groups excluding tert-OH is 1. The van der Waals surface area contributed by atoms with Crippen molar-refractivity contribution in [1.82, 2.24) is 14.8 Å². The van der Waals surface area contributed by atoms with E-state index in [0.717, 1.165) is 17.1 Å². The molecule has 0 radical (unpaired) electrons. The van der Waals surface area contributed by atoms with Gasteiger partial charge in [-0.05, 0) is 19.9 Å². The molecular weight excluding hydrogens is 242 g/mol. The van der Waals surface area contributed by atoms with Crippen LogP contribution in [0.3, 0.4) is 0 Å². The van der Waals surface area contributed by atoms with Crippen molar-refractivity contribution in [3.63, 3.8) is 0 Å². The van der Waals surface area contributed by atoms with E-state index < -0.39 is 0 Å². The molecule has 98 valence electrons. The van der Waals surface area contributed by atoms with Gasteiger partial charge in [0.25, 0.3) is 0 Å². The predicted molar refractivity (Wildman–Crippen MR) is 71.0 cm³/mol. The van der Waals surface area contributed by atoms with Gasteiger partial charge in [-0.3, -0.25) is 9.67 Å². The molecular formula is C13H15N5O. The lowest BCUT2D eigenvalue weighted by molar-refractivity contribution is 0.269. The quantitative estimate of drug-likeness (QED) is 0.866. The van der Waals surface area contributed by atoms with Crippen molar-refractivity contribution in [3.8, 4) is 6.07 Å². The Balaban J connectivity index is 2.29. The van der Waals surface area contributed by atoms with Gasteiger partial charge < -0.3 is 10.4 Å². The molecule has 0 spiro atoms. The first-order chi connectivity index (χ1) is 9.13. The van der Waals surface area contributed by atoms with Crippen LogP contribution in [0.25, 0.3) is 0 Å². The average Bonchev–Trinajstić information content (AvgIpc) is 2.76. The Morgan fingerprint density at radius 1 is 1.47 bits per heavy atom. The van der Waals surface area contributed by atoms with Gasteiger partial charge in [0.05, 0.1) is 42.0 Å². The van der Waals surface area contributed by atoms with Crippen molar-refractivity contribution in [2.45, 2.75) is 20.4 Å². The molecule has 0 saturated heterocycles. The summed E-state index contributed by atoms with van der Waals surface area (Å²) in [6.45, 7) is 4.18. The molecule has 0 bridgehead atoms. The number of aryl methyl sites for hydroxylation is 2. The first kappa shape index (κ1) is 13.1. The van der Waals surface area contributed by atoms with E-state index >= 15 is 0 Å². The fourth-order valence-electron chi connectivity index (χ4n) is 1.88. The van der Waals surface area contributed by atoms with Gasteiger partial charge in [0.1, 0.15) is 6.07 Å². The maximum atomic E-state index is 9.17. The molecule has 2 N–H and O–H groups in total. The summed E-state index contributed by atoms with van der Waals surface area (Å²) in [6, 6.07) is 3.98. The summed E-state index contributed by atoms with van der Waals surface area (Å²) in [5, 5.41) is 25.3. The van der Waals surface area contributed by atoms with Gasteiger partial charge in [-0.25, -0.2) is 0 Å². The minimum atomic E-state index is 0.0397. The molecule has 0 fully saturated rings. The summed E-state index contributed by atoms with van der Waals surface area (Å²) in [7, 11) is 0. The number of hydrogen-bond acceptors (Lipinski definition) is 5. The Hall–Kier alpha value is -2.39. The summed E-state index contributed by atoms with van der Waals surface area (Å²) >= 11 is 0. The molecule has 0 aromatic carbocycles. The third-order valence-corrected chi connectivity index (χ3v) is 2.68. The number of aliphatic hydroxyl groups is 1. The second kappa shape index (κ2) is 5.50. The highest BCUT2D eigenvalue weighted by molar-refractivity contribution is 5.67. The number of pyridine rings is 1. The van der Waals surface area contributed by atoms with Crippen molar-refractivity contribution >= 4 is 11.4 Å². The van der Waals surface area contributed by atoms with E-state index in [0.29, 0.717) is 17.8 Å². The Bertz CT molecular complexity index is 626. The molecule has 0 aliphatic carbocycles. The Labute approximate surface area is 111 Å². The first-order valence-electron chi connectivity index (χ1n) is 5.92. The molecule has 6 heteroatoms. The number of nitriles is 1. The number of nitrogens with zero attached hydrogens (tertiary/aromatic N) is 4. The molecule has 0 aliphatic heterocycles. The van der Waals surface area contributed by atoms with Crippen LogP contribution in [-0.2, 0) is 6.54 Å². The zero-order chi connectivity index (χ0) is 13.8. The van der Waals surface area contributed by atoms with Crippen LogP contribution in [0.2, 0.25) is 0 Å². The summed E-state index contributed by atoms with van der Waals surface area (Å²) < 4.78 is 1.63. The Morgan fingerprint density at radius 2 is 2.26 bits per heavy atom. The molecule has 0 aliphatic rings. The van der Waals surface area contributed by atoms with Crippen molar-refractivity contribution in [2.24, 2.45) is 0 Å². The van der Waals surface area contributed by atoms with Gasteiger partial charge in [-0.1, -0.05) is 0 Å². The number of rotatable bonds is 4. The van der Waals surface area contributed by atoms with E-state index in [2.05, 4.69) is 21.5 Å². The zero-order valence-corrected chi connectivity index (χ0v) is 10.9. The molecule has 0 saturated carbocycles. The van der Waals surface area contributed by atoms with Gasteiger partial charge in [-0.15, -0.1) is 0 Å². The summed E-state index contributed by atoms with van der Waals surface area (Å²) in [5.41, 5.74) is 3.57. The lowest BCUT2D eigenvalue weighted by Crippen LogP contribution is -2.02. The van der Waals surface area contributed by atoms with Crippen LogP contribution in [0, 0.1) is 25.2 Å². The summed E-state index contributed by atoms with van der Waals surface area (Å²) in [6.07, 6.45) is 3.43. The van der Waals surface area contributed by atoms with Crippen LogP contribution in [0.4, 0.5) is 11.4 Å². The molecule has 0 atom stereocenters. The largest absolute Gasteiger partial charge is 0.394 e. The van der Waals surface area contributed by atoms with Gasteiger partial charge in [0.2, 0.25) is 0 Å². The summed E-state index contributed by atoms with van der Waals surface area (Å²) in [4.78, 5) is 4.26. The van der Waals surface area contributed by atoms with Crippen molar-refractivity contribution in [1.29, 1.82) is 5.26 Å². The fraction of sp³-hybridized carbons (Fsp3) is 0.308. The minimum absolute atomic E-state index is 0.0397. The van der Waals surface area contributed by atoms with E-state index in [1.54, 1.807) is 17.1 Å².